The standard InChI is InChI=1S/C20H16F4N2O6S2/c1-25-19(27)16-8-13-10-18(32-34(30,31)20(22,23)24)17(26-33(2,28)29)9-12(13)7-15(16)11-3-5-14(21)6-4-11/h3-10,26H,1-2H3,(H,25,27). The van der Waals surface area contributed by atoms with Gasteiger partial charge in [-0.05, 0) is 58.3 Å². The van der Waals surface area contributed by atoms with Crippen LogP contribution in [0.4, 0.5) is 23.2 Å². The zero-order valence-corrected chi connectivity index (χ0v) is 19.0. The van der Waals surface area contributed by atoms with Gasteiger partial charge in [-0.25, -0.2) is 12.8 Å². The van der Waals surface area contributed by atoms with Crippen molar-refractivity contribution in [2.24, 2.45) is 0 Å². The average molecular weight is 520 g/mol. The van der Waals surface area contributed by atoms with Crippen molar-refractivity contribution in [2.45, 2.75) is 5.51 Å². The van der Waals surface area contributed by atoms with Crippen molar-refractivity contribution in [1.29, 1.82) is 0 Å². The monoisotopic (exact) mass is 520 g/mol. The molecule has 0 saturated heterocycles. The molecule has 0 aromatic heterocycles. The van der Waals surface area contributed by atoms with Gasteiger partial charge >= 0.3 is 15.6 Å². The molecule has 34 heavy (non-hydrogen) atoms. The summed E-state index contributed by atoms with van der Waals surface area (Å²) >= 11 is 0. The second kappa shape index (κ2) is 8.76. The van der Waals surface area contributed by atoms with E-state index in [1.165, 1.54) is 31.3 Å². The summed E-state index contributed by atoms with van der Waals surface area (Å²) in [5.41, 5.74) is -5.60. The van der Waals surface area contributed by atoms with E-state index in [1.807, 2.05) is 4.72 Å². The van der Waals surface area contributed by atoms with E-state index in [-0.39, 0.29) is 16.3 Å². The molecule has 0 unspecified atom stereocenters. The van der Waals surface area contributed by atoms with Crippen molar-refractivity contribution in [1.82, 2.24) is 5.32 Å². The van der Waals surface area contributed by atoms with E-state index in [4.69, 9.17) is 0 Å². The van der Waals surface area contributed by atoms with E-state index in [9.17, 15) is 39.2 Å². The molecular formula is C20H16F4N2O6S2. The number of anilines is 1. The van der Waals surface area contributed by atoms with Gasteiger partial charge in [0.2, 0.25) is 10.0 Å². The maximum atomic E-state index is 13.4. The smallest absolute Gasteiger partial charge is 0.374 e. The Morgan fingerprint density at radius 2 is 1.53 bits per heavy atom. The second-order valence-corrected chi connectivity index (χ2v) is 10.3. The Balaban J connectivity index is 2.31. The van der Waals surface area contributed by atoms with Crippen LogP contribution in [0.2, 0.25) is 0 Å². The Morgan fingerprint density at radius 1 is 0.941 bits per heavy atom. The van der Waals surface area contributed by atoms with Crippen molar-refractivity contribution in [3.8, 4) is 16.9 Å². The number of carbonyl (C=O) groups is 1. The van der Waals surface area contributed by atoms with E-state index < -0.39 is 48.8 Å². The van der Waals surface area contributed by atoms with Crippen LogP contribution in [0.25, 0.3) is 21.9 Å². The Labute approximate surface area is 191 Å². The van der Waals surface area contributed by atoms with E-state index in [1.54, 1.807) is 0 Å². The van der Waals surface area contributed by atoms with Gasteiger partial charge in [0.15, 0.2) is 5.75 Å². The van der Waals surface area contributed by atoms with Gasteiger partial charge in [0, 0.05) is 12.6 Å². The summed E-state index contributed by atoms with van der Waals surface area (Å²) in [7, 11) is -8.86. The normalized spacial score (nSPS) is 12.4. The van der Waals surface area contributed by atoms with Gasteiger partial charge in [0.25, 0.3) is 5.91 Å². The zero-order chi connectivity index (χ0) is 25.5. The van der Waals surface area contributed by atoms with Crippen molar-refractivity contribution < 1.29 is 43.4 Å². The highest BCUT2D eigenvalue weighted by Crippen LogP contribution is 2.38. The highest BCUT2D eigenvalue weighted by atomic mass is 32.2. The molecule has 0 bridgehead atoms. The first-order valence-corrected chi connectivity index (χ1v) is 12.5. The van der Waals surface area contributed by atoms with Crippen LogP contribution in [0.3, 0.4) is 0 Å². The van der Waals surface area contributed by atoms with Gasteiger partial charge in [-0.3, -0.25) is 9.52 Å². The molecule has 0 saturated carbocycles. The van der Waals surface area contributed by atoms with Gasteiger partial charge in [0.1, 0.15) is 5.82 Å². The fourth-order valence-corrected chi connectivity index (χ4v) is 4.06. The maximum absolute atomic E-state index is 13.4. The summed E-state index contributed by atoms with van der Waals surface area (Å²) in [5, 5.41) is 2.69. The minimum Gasteiger partial charge on any atom is -0.374 e. The summed E-state index contributed by atoms with van der Waals surface area (Å²) in [4.78, 5) is 12.5. The SMILES string of the molecule is CNC(=O)c1cc2cc(OS(=O)(=O)C(F)(F)F)c(NS(C)(=O)=O)cc2cc1-c1ccc(F)cc1. The molecule has 0 radical (unpaired) electrons. The maximum Gasteiger partial charge on any atom is 0.534 e. The van der Waals surface area contributed by atoms with E-state index in [0.29, 0.717) is 17.4 Å². The number of hydrogen-bond acceptors (Lipinski definition) is 6. The topological polar surface area (TPSA) is 119 Å². The lowest BCUT2D eigenvalue weighted by molar-refractivity contribution is -0.0499. The molecule has 0 fully saturated rings. The van der Waals surface area contributed by atoms with Gasteiger partial charge in [-0.15, -0.1) is 0 Å². The number of amides is 1. The highest BCUT2D eigenvalue weighted by molar-refractivity contribution is 7.92. The van der Waals surface area contributed by atoms with Crippen LogP contribution in [-0.4, -0.2) is 41.6 Å². The molecule has 182 valence electrons. The third kappa shape index (κ3) is 5.39. The van der Waals surface area contributed by atoms with Crippen molar-refractivity contribution in [3.63, 3.8) is 0 Å². The third-order valence-electron chi connectivity index (χ3n) is 4.48. The van der Waals surface area contributed by atoms with Crippen LogP contribution < -0.4 is 14.2 Å². The molecule has 3 rings (SSSR count). The number of carbonyl (C=O) groups excluding carboxylic acids is 1. The quantitative estimate of drug-likeness (QED) is 0.291. The third-order valence-corrected chi connectivity index (χ3v) is 6.04. The number of nitrogens with one attached hydrogen (secondary N) is 2. The van der Waals surface area contributed by atoms with Gasteiger partial charge < -0.3 is 9.50 Å². The van der Waals surface area contributed by atoms with Crippen LogP contribution in [-0.2, 0) is 20.1 Å². The average Bonchev–Trinajstić information content (AvgIpc) is 2.71. The van der Waals surface area contributed by atoms with E-state index in [0.717, 1.165) is 24.3 Å². The minimum absolute atomic E-state index is 0.0371. The number of rotatable bonds is 6. The molecule has 3 aromatic carbocycles. The number of sulfonamides is 1. The van der Waals surface area contributed by atoms with Crippen molar-refractivity contribution in [2.75, 3.05) is 18.0 Å². The molecule has 0 heterocycles. The van der Waals surface area contributed by atoms with Crippen molar-refractivity contribution in [3.05, 3.63) is 59.9 Å². The zero-order valence-electron chi connectivity index (χ0n) is 17.4. The molecule has 0 atom stereocenters. The first-order chi connectivity index (χ1) is 15.6. The van der Waals surface area contributed by atoms with E-state index in [2.05, 4.69) is 9.50 Å². The molecular weight excluding hydrogens is 504 g/mol. The van der Waals surface area contributed by atoms with Crippen molar-refractivity contribution >= 4 is 42.5 Å². The molecule has 3 aromatic rings. The summed E-state index contributed by atoms with van der Waals surface area (Å²) in [6.45, 7) is 0. The highest BCUT2D eigenvalue weighted by Gasteiger charge is 2.49. The molecule has 14 heteroatoms. The molecule has 8 nitrogen and oxygen atoms in total. The summed E-state index contributed by atoms with van der Waals surface area (Å²) in [6, 6.07) is 9.68. The van der Waals surface area contributed by atoms with Crippen LogP contribution >= 0.6 is 0 Å². The fraction of sp³-hybridized carbons (Fsp3) is 0.150. The Morgan fingerprint density at radius 3 is 2.06 bits per heavy atom. The summed E-state index contributed by atoms with van der Waals surface area (Å²) in [5.74, 6) is -2.07. The summed E-state index contributed by atoms with van der Waals surface area (Å²) in [6.07, 6.45) is 0.706. The second-order valence-electron chi connectivity index (χ2n) is 7.04. The number of fused-ring (bicyclic) bond motifs is 1. The molecule has 0 aliphatic heterocycles. The molecule has 0 aliphatic rings. The minimum atomic E-state index is -6.13. The van der Waals surface area contributed by atoms with E-state index >= 15 is 0 Å². The molecule has 0 aliphatic carbocycles. The molecule has 1 amide bonds. The van der Waals surface area contributed by atoms with Gasteiger partial charge in [-0.2, -0.15) is 21.6 Å². The lowest BCUT2D eigenvalue weighted by atomic mass is 9.94. The van der Waals surface area contributed by atoms with Crippen LogP contribution in [0.1, 0.15) is 10.4 Å². The predicted octanol–water partition coefficient (Wildman–Crippen LogP) is 3.61. The lowest BCUT2D eigenvalue weighted by Gasteiger charge is -2.16. The van der Waals surface area contributed by atoms with Gasteiger partial charge in [0.05, 0.1) is 11.9 Å². The summed E-state index contributed by atoms with van der Waals surface area (Å²) < 4.78 is 105. The number of benzene rings is 3. The molecule has 0 spiro atoms. The molecule has 2 N–H and O–H groups in total. The predicted molar refractivity (Wildman–Crippen MR) is 117 cm³/mol. The Hall–Kier alpha value is -3.39. The fourth-order valence-electron chi connectivity index (χ4n) is 3.03. The lowest BCUT2D eigenvalue weighted by Crippen LogP contribution is -2.28. The number of hydrogen-bond donors (Lipinski definition) is 2. The largest absolute Gasteiger partial charge is 0.534 e. The number of halogens is 4. The van der Waals surface area contributed by atoms with Gasteiger partial charge in [-0.1, -0.05) is 12.1 Å². The number of alkyl halides is 3. The first kappa shape index (κ1) is 25.2. The van der Waals surface area contributed by atoms with Crippen LogP contribution in [0.15, 0.2) is 48.5 Å². The Kier molecular flexibility index (Phi) is 6.50. The van der Waals surface area contributed by atoms with Crippen LogP contribution in [0.5, 0.6) is 5.75 Å². The van der Waals surface area contributed by atoms with Crippen LogP contribution in [0, 0.1) is 5.82 Å². The Bertz CT molecular complexity index is 1490. The first-order valence-electron chi connectivity index (χ1n) is 9.19.